The molecule has 0 fully saturated rings. The highest BCUT2D eigenvalue weighted by Gasteiger charge is 2.36. The lowest BCUT2D eigenvalue weighted by molar-refractivity contribution is -0.126. The van der Waals surface area contributed by atoms with E-state index in [0.29, 0.717) is 27.4 Å². The van der Waals surface area contributed by atoms with Crippen LogP contribution in [-0.2, 0) is 11.3 Å². The zero-order chi connectivity index (χ0) is 19.0. The van der Waals surface area contributed by atoms with Crippen molar-refractivity contribution in [1.82, 2.24) is 4.98 Å². The highest BCUT2D eigenvalue weighted by molar-refractivity contribution is 6.42. The van der Waals surface area contributed by atoms with E-state index in [-0.39, 0.29) is 12.5 Å². The Labute approximate surface area is 166 Å². The Bertz CT molecular complexity index is 1010. The van der Waals surface area contributed by atoms with Gasteiger partial charge in [0.1, 0.15) is 5.82 Å². The Kier molecular flexibility index (Phi) is 4.64. The number of rotatable bonds is 3. The maximum atomic E-state index is 13.2. The van der Waals surface area contributed by atoms with E-state index in [0.717, 1.165) is 11.1 Å². The predicted molar refractivity (Wildman–Crippen MR) is 106 cm³/mol. The number of pyridine rings is 1. The highest BCUT2D eigenvalue weighted by Crippen LogP contribution is 2.39. The quantitative estimate of drug-likeness (QED) is 0.696. The van der Waals surface area contributed by atoms with Crippen molar-refractivity contribution in [1.29, 1.82) is 0 Å². The fraction of sp³-hybridized carbons (Fsp3) is 0.100. The summed E-state index contributed by atoms with van der Waals surface area (Å²) in [5, 5.41) is 0.883. The van der Waals surface area contributed by atoms with Crippen LogP contribution in [0.25, 0.3) is 0 Å². The molecule has 27 heavy (non-hydrogen) atoms. The summed E-state index contributed by atoms with van der Waals surface area (Å²) in [6.45, 7) is 0.270. The number of nitrogens with zero attached hydrogens (tertiary/aromatic N) is 2. The number of amides is 1. The van der Waals surface area contributed by atoms with Crippen LogP contribution in [0.2, 0.25) is 10.0 Å². The minimum atomic E-state index is -0.758. The van der Waals surface area contributed by atoms with Crippen LogP contribution in [0.3, 0.4) is 0 Å². The van der Waals surface area contributed by atoms with Crippen LogP contribution in [-0.4, -0.2) is 10.9 Å². The molecular weight excluding hydrogens is 385 g/mol. The van der Waals surface area contributed by atoms with Gasteiger partial charge in [-0.05, 0) is 29.8 Å². The molecule has 0 aliphatic carbocycles. The number of ether oxygens (including phenoxy) is 1. The minimum Gasteiger partial charge on any atom is -0.472 e. The van der Waals surface area contributed by atoms with Crippen LogP contribution in [0.15, 0.2) is 60.7 Å². The molecule has 3 aromatic rings. The minimum absolute atomic E-state index is 0.224. The van der Waals surface area contributed by atoms with Crippen LogP contribution in [0, 0.1) is 0 Å². The number of halogens is 2. The molecule has 136 valence electrons. The van der Waals surface area contributed by atoms with Gasteiger partial charge in [-0.3, -0.25) is 9.69 Å². The van der Waals surface area contributed by atoms with E-state index in [1.807, 2.05) is 36.4 Å². The normalized spacial score (nSPS) is 16.0. The van der Waals surface area contributed by atoms with Crippen molar-refractivity contribution in [2.75, 3.05) is 10.6 Å². The van der Waals surface area contributed by atoms with E-state index in [2.05, 4.69) is 4.98 Å². The van der Waals surface area contributed by atoms with Gasteiger partial charge in [-0.1, -0.05) is 59.6 Å². The van der Waals surface area contributed by atoms with E-state index < -0.39 is 6.10 Å². The van der Waals surface area contributed by atoms with Crippen LogP contribution in [0.1, 0.15) is 17.2 Å². The first-order chi connectivity index (χ1) is 13.0. The molecule has 0 saturated heterocycles. The summed E-state index contributed by atoms with van der Waals surface area (Å²) >= 11 is 12.1. The van der Waals surface area contributed by atoms with Crippen LogP contribution >= 0.6 is 23.2 Å². The van der Waals surface area contributed by atoms with Crippen molar-refractivity contribution in [2.24, 2.45) is 0 Å². The third-order valence-electron chi connectivity index (χ3n) is 4.28. The molecule has 2 N–H and O–H groups in total. The van der Waals surface area contributed by atoms with E-state index >= 15 is 0 Å². The lowest BCUT2D eigenvalue weighted by atomic mass is 10.1. The summed E-state index contributed by atoms with van der Waals surface area (Å²) in [5.74, 6) is 0.969. The monoisotopic (exact) mass is 399 g/mol. The Balaban J connectivity index is 1.76. The lowest BCUT2D eigenvalue weighted by Gasteiger charge is -2.33. The smallest absolute Gasteiger partial charge is 0.274 e. The summed E-state index contributed by atoms with van der Waals surface area (Å²) in [5.41, 5.74) is 7.42. The molecule has 0 radical (unpaired) electrons. The third kappa shape index (κ3) is 3.44. The molecule has 1 aromatic heterocycles. The second-order valence-corrected chi connectivity index (χ2v) is 6.95. The molecule has 1 aliphatic heterocycles. The number of carbonyl (C=O) groups excluding carboxylic acids is 1. The molecule has 1 aliphatic rings. The molecular formula is C20H15Cl2N3O2. The summed E-state index contributed by atoms with van der Waals surface area (Å²) in [6.07, 6.45) is -0.758. The summed E-state index contributed by atoms with van der Waals surface area (Å²) in [7, 11) is 0. The fourth-order valence-corrected chi connectivity index (χ4v) is 3.29. The highest BCUT2D eigenvalue weighted by atomic mass is 35.5. The Hall–Kier alpha value is -2.76. The molecule has 1 amide bonds. The number of carbonyl (C=O) groups is 1. The maximum absolute atomic E-state index is 13.2. The van der Waals surface area contributed by atoms with Crippen molar-refractivity contribution < 1.29 is 9.53 Å². The van der Waals surface area contributed by atoms with Gasteiger partial charge in [-0.25, -0.2) is 4.98 Å². The molecule has 2 aromatic carbocycles. The molecule has 0 saturated carbocycles. The molecule has 1 atom stereocenters. The third-order valence-corrected chi connectivity index (χ3v) is 5.02. The van der Waals surface area contributed by atoms with Crippen molar-refractivity contribution in [3.8, 4) is 5.75 Å². The second-order valence-electron chi connectivity index (χ2n) is 6.14. The van der Waals surface area contributed by atoms with Gasteiger partial charge >= 0.3 is 0 Å². The zero-order valence-electron chi connectivity index (χ0n) is 14.1. The number of hydrogen-bond donors (Lipinski definition) is 1. The van der Waals surface area contributed by atoms with Gasteiger partial charge in [0.05, 0.1) is 16.6 Å². The van der Waals surface area contributed by atoms with Crippen LogP contribution in [0.5, 0.6) is 5.75 Å². The van der Waals surface area contributed by atoms with Crippen molar-refractivity contribution >= 4 is 40.7 Å². The molecule has 4 rings (SSSR count). The molecule has 0 bridgehead atoms. The van der Waals surface area contributed by atoms with Gasteiger partial charge in [0.25, 0.3) is 5.91 Å². The number of nitrogens with two attached hydrogens (primary N) is 1. The van der Waals surface area contributed by atoms with Crippen molar-refractivity contribution in [3.05, 3.63) is 81.8 Å². The molecule has 1 unspecified atom stereocenters. The van der Waals surface area contributed by atoms with E-state index in [9.17, 15) is 4.79 Å². The summed E-state index contributed by atoms with van der Waals surface area (Å²) < 4.78 is 5.94. The molecule has 7 heteroatoms. The van der Waals surface area contributed by atoms with Gasteiger partial charge in [0.2, 0.25) is 6.10 Å². The average molecular weight is 400 g/mol. The maximum Gasteiger partial charge on any atom is 0.274 e. The number of anilines is 2. The number of benzene rings is 2. The molecule has 5 nitrogen and oxygen atoms in total. The van der Waals surface area contributed by atoms with Crippen molar-refractivity contribution in [2.45, 2.75) is 12.6 Å². The number of hydrogen-bond acceptors (Lipinski definition) is 4. The number of fused-ring (bicyclic) bond motifs is 1. The van der Waals surface area contributed by atoms with Crippen molar-refractivity contribution in [3.63, 3.8) is 0 Å². The lowest BCUT2D eigenvalue weighted by Crippen LogP contribution is -2.41. The fourth-order valence-electron chi connectivity index (χ4n) is 2.97. The topological polar surface area (TPSA) is 68.5 Å². The predicted octanol–water partition coefficient (Wildman–Crippen LogP) is 4.64. The summed E-state index contributed by atoms with van der Waals surface area (Å²) in [4.78, 5) is 19.1. The Morgan fingerprint density at radius 3 is 2.56 bits per heavy atom. The first-order valence-electron chi connectivity index (χ1n) is 8.26. The van der Waals surface area contributed by atoms with E-state index in [4.69, 9.17) is 33.7 Å². The van der Waals surface area contributed by atoms with Gasteiger partial charge in [-0.2, -0.15) is 0 Å². The van der Waals surface area contributed by atoms with Gasteiger partial charge in [-0.15, -0.1) is 0 Å². The van der Waals surface area contributed by atoms with Gasteiger partial charge in [0.15, 0.2) is 11.6 Å². The largest absolute Gasteiger partial charge is 0.472 e. The van der Waals surface area contributed by atoms with E-state index in [1.54, 1.807) is 29.2 Å². The molecule has 0 spiro atoms. The number of nitrogen functional groups attached to an aromatic ring is 1. The average Bonchev–Trinajstić information content (AvgIpc) is 2.67. The Morgan fingerprint density at radius 2 is 1.81 bits per heavy atom. The first-order valence-corrected chi connectivity index (χ1v) is 9.02. The first kappa shape index (κ1) is 17.6. The van der Waals surface area contributed by atoms with Crippen LogP contribution in [0.4, 0.5) is 11.6 Å². The van der Waals surface area contributed by atoms with Gasteiger partial charge in [0, 0.05) is 5.56 Å². The van der Waals surface area contributed by atoms with Crippen LogP contribution < -0.4 is 15.4 Å². The standard InChI is InChI=1S/C20H15Cl2N3O2/c21-14-7-6-12(10-15(14)22)11-25-19-16(8-9-17(23)24-19)27-18(20(25)26)13-4-2-1-3-5-13/h1-10,18H,11H2,(H2,23,24). The second kappa shape index (κ2) is 7.10. The number of aromatic nitrogens is 1. The Morgan fingerprint density at radius 1 is 1.04 bits per heavy atom. The summed E-state index contributed by atoms with van der Waals surface area (Å²) in [6, 6.07) is 18.0. The molecule has 2 heterocycles. The zero-order valence-corrected chi connectivity index (χ0v) is 15.6. The SMILES string of the molecule is Nc1ccc2c(n1)N(Cc1ccc(Cl)c(Cl)c1)C(=O)C(c1ccccc1)O2. The van der Waals surface area contributed by atoms with Gasteiger partial charge < -0.3 is 10.5 Å². The van der Waals surface area contributed by atoms with E-state index in [1.165, 1.54) is 0 Å².